The molecule has 0 amide bonds. The van der Waals surface area contributed by atoms with E-state index in [2.05, 4.69) is 4.98 Å². The van der Waals surface area contributed by atoms with E-state index in [4.69, 9.17) is 0 Å². The lowest BCUT2D eigenvalue weighted by Gasteiger charge is -2.36. The van der Waals surface area contributed by atoms with Crippen LogP contribution in [0.5, 0.6) is 0 Å². The number of pyridine rings is 1. The van der Waals surface area contributed by atoms with Gasteiger partial charge in [0.05, 0.1) is 0 Å². The number of hydrogen-bond acceptors (Lipinski definition) is 3. The molecule has 1 atom stereocenters. The molecule has 1 aromatic carbocycles. The largest absolute Gasteiger partial charge is 0.479 e. The molecule has 19 heavy (non-hydrogen) atoms. The predicted octanol–water partition coefficient (Wildman–Crippen LogP) is 2.27. The first-order chi connectivity index (χ1) is 9.27. The van der Waals surface area contributed by atoms with Crippen LogP contribution in [0.25, 0.3) is 0 Å². The third kappa shape index (κ3) is 2.05. The molecule has 1 aliphatic rings. The number of fused-ring (bicyclic) bond motifs is 1. The number of carboxylic acids is 1. The lowest BCUT2D eigenvalue weighted by atomic mass is 9.92. The van der Waals surface area contributed by atoms with E-state index in [1.165, 1.54) is 0 Å². The van der Waals surface area contributed by atoms with Crippen LogP contribution in [0, 0.1) is 0 Å². The van der Waals surface area contributed by atoms with Crippen LogP contribution in [0.1, 0.15) is 17.2 Å². The minimum atomic E-state index is -0.816. The van der Waals surface area contributed by atoms with Gasteiger partial charge in [-0.3, -0.25) is 4.98 Å². The molecule has 0 fully saturated rings. The molecule has 0 spiro atoms. The number of aromatic nitrogens is 1. The van der Waals surface area contributed by atoms with E-state index in [-0.39, 0.29) is 0 Å². The molecule has 3 rings (SSSR count). The molecular weight excluding hydrogens is 240 g/mol. The van der Waals surface area contributed by atoms with Gasteiger partial charge in [0.2, 0.25) is 0 Å². The van der Waals surface area contributed by atoms with Crippen molar-refractivity contribution < 1.29 is 9.90 Å². The van der Waals surface area contributed by atoms with E-state index in [1.807, 2.05) is 41.3 Å². The van der Waals surface area contributed by atoms with Gasteiger partial charge in [0, 0.05) is 24.6 Å². The minimum Gasteiger partial charge on any atom is -0.479 e. The zero-order valence-electron chi connectivity index (χ0n) is 10.4. The van der Waals surface area contributed by atoms with Crippen LogP contribution >= 0.6 is 0 Å². The molecule has 96 valence electrons. The molecule has 1 unspecified atom stereocenters. The van der Waals surface area contributed by atoms with Crippen LogP contribution in [0.3, 0.4) is 0 Å². The fourth-order valence-corrected chi connectivity index (χ4v) is 2.65. The van der Waals surface area contributed by atoms with Crippen molar-refractivity contribution in [3.8, 4) is 0 Å². The van der Waals surface area contributed by atoms with E-state index >= 15 is 0 Å². The highest BCUT2D eigenvalue weighted by molar-refractivity contribution is 5.81. The van der Waals surface area contributed by atoms with Gasteiger partial charge in [-0.1, -0.05) is 24.3 Å². The molecular formula is C15H14N2O2. The maximum atomic E-state index is 11.6. The lowest BCUT2D eigenvalue weighted by Crippen LogP contribution is -2.39. The highest BCUT2D eigenvalue weighted by Crippen LogP contribution is 2.33. The number of nitrogens with zero attached hydrogens (tertiary/aromatic N) is 2. The number of carboxylic acid groups (broad SMARTS) is 1. The summed E-state index contributed by atoms with van der Waals surface area (Å²) >= 11 is 0. The van der Waals surface area contributed by atoms with Gasteiger partial charge in [0.15, 0.2) is 6.04 Å². The van der Waals surface area contributed by atoms with Crippen molar-refractivity contribution in [3.63, 3.8) is 0 Å². The van der Waals surface area contributed by atoms with Crippen molar-refractivity contribution in [2.24, 2.45) is 0 Å². The zero-order valence-corrected chi connectivity index (χ0v) is 10.4. The van der Waals surface area contributed by atoms with Crippen molar-refractivity contribution in [2.75, 3.05) is 11.4 Å². The van der Waals surface area contributed by atoms with Gasteiger partial charge in [0.1, 0.15) is 0 Å². The molecule has 2 heterocycles. The SMILES string of the molecule is O=C(O)C1c2ccccc2CCN1c1ccncc1. The average molecular weight is 254 g/mol. The van der Waals surface area contributed by atoms with Gasteiger partial charge in [-0.2, -0.15) is 0 Å². The summed E-state index contributed by atoms with van der Waals surface area (Å²) in [6, 6.07) is 10.8. The predicted molar refractivity (Wildman–Crippen MR) is 72.1 cm³/mol. The second-order valence-electron chi connectivity index (χ2n) is 4.59. The number of anilines is 1. The fraction of sp³-hybridized carbons (Fsp3) is 0.200. The summed E-state index contributed by atoms with van der Waals surface area (Å²) < 4.78 is 0. The Morgan fingerprint density at radius 1 is 1.21 bits per heavy atom. The van der Waals surface area contributed by atoms with Gasteiger partial charge in [-0.15, -0.1) is 0 Å². The summed E-state index contributed by atoms with van der Waals surface area (Å²) in [5.41, 5.74) is 2.91. The van der Waals surface area contributed by atoms with E-state index in [1.54, 1.807) is 12.4 Å². The Hall–Kier alpha value is -2.36. The van der Waals surface area contributed by atoms with Gasteiger partial charge < -0.3 is 10.0 Å². The van der Waals surface area contributed by atoms with E-state index in [0.29, 0.717) is 6.54 Å². The van der Waals surface area contributed by atoms with Crippen molar-refractivity contribution >= 4 is 11.7 Å². The van der Waals surface area contributed by atoms with Crippen LogP contribution in [-0.4, -0.2) is 22.6 Å². The van der Waals surface area contributed by atoms with Crippen molar-refractivity contribution in [1.82, 2.24) is 4.98 Å². The maximum Gasteiger partial charge on any atom is 0.331 e. The molecule has 0 bridgehead atoms. The van der Waals surface area contributed by atoms with Crippen molar-refractivity contribution in [3.05, 3.63) is 59.9 Å². The summed E-state index contributed by atoms with van der Waals surface area (Å²) in [6.45, 7) is 0.706. The van der Waals surface area contributed by atoms with Crippen LogP contribution in [0.2, 0.25) is 0 Å². The Bertz CT molecular complexity index is 598. The summed E-state index contributed by atoms with van der Waals surface area (Å²) in [6.07, 6.45) is 4.24. The molecule has 0 saturated carbocycles. The van der Waals surface area contributed by atoms with Gasteiger partial charge in [-0.25, -0.2) is 4.79 Å². The van der Waals surface area contributed by atoms with E-state index < -0.39 is 12.0 Å². The average Bonchev–Trinajstić information content (AvgIpc) is 2.46. The van der Waals surface area contributed by atoms with E-state index in [9.17, 15) is 9.90 Å². The molecule has 4 heteroatoms. The zero-order chi connectivity index (χ0) is 13.2. The topological polar surface area (TPSA) is 53.4 Å². The molecule has 0 aliphatic carbocycles. The number of rotatable bonds is 2. The third-order valence-electron chi connectivity index (χ3n) is 3.51. The van der Waals surface area contributed by atoms with Crippen LogP contribution in [-0.2, 0) is 11.2 Å². The molecule has 1 aliphatic heterocycles. The summed E-state index contributed by atoms with van der Waals surface area (Å²) in [5, 5.41) is 9.56. The maximum absolute atomic E-state index is 11.6. The van der Waals surface area contributed by atoms with Gasteiger partial charge in [-0.05, 0) is 29.7 Å². The quantitative estimate of drug-likeness (QED) is 0.893. The van der Waals surface area contributed by atoms with Crippen LogP contribution < -0.4 is 4.90 Å². The first kappa shape index (κ1) is 11.7. The molecule has 4 nitrogen and oxygen atoms in total. The van der Waals surface area contributed by atoms with Crippen molar-refractivity contribution in [1.29, 1.82) is 0 Å². The molecule has 1 N–H and O–H groups in total. The highest BCUT2D eigenvalue weighted by atomic mass is 16.4. The lowest BCUT2D eigenvalue weighted by molar-refractivity contribution is -0.138. The molecule has 2 aromatic rings. The summed E-state index contributed by atoms with van der Waals surface area (Å²) in [4.78, 5) is 17.5. The Labute approximate surface area is 111 Å². The normalized spacial score (nSPS) is 17.9. The first-order valence-corrected chi connectivity index (χ1v) is 6.24. The number of benzene rings is 1. The van der Waals surface area contributed by atoms with Crippen molar-refractivity contribution in [2.45, 2.75) is 12.5 Å². The second-order valence-corrected chi connectivity index (χ2v) is 4.59. The Balaban J connectivity index is 2.06. The van der Waals surface area contributed by atoms with Gasteiger partial charge in [0.25, 0.3) is 0 Å². The Morgan fingerprint density at radius 2 is 1.95 bits per heavy atom. The molecule has 1 aromatic heterocycles. The monoisotopic (exact) mass is 254 g/mol. The first-order valence-electron chi connectivity index (χ1n) is 6.24. The molecule has 0 radical (unpaired) electrons. The second kappa shape index (κ2) is 4.72. The smallest absolute Gasteiger partial charge is 0.331 e. The third-order valence-corrected chi connectivity index (χ3v) is 3.51. The van der Waals surface area contributed by atoms with E-state index in [0.717, 1.165) is 23.2 Å². The highest BCUT2D eigenvalue weighted by Gasteiger charge is 2.32. The summed E-state index contributed by atoms with van der Waals surface area (Å²) in [5.74, 6) is -0.816. The van der Waals surface area contributed by atoms with Gasteiger partial charge >= 0.3 is 5.97 Å². The fourth-order valence-electron chi connectivity index (χ4n) is 2.65. The Kier molecular flexibility index (Phi) is 2.91. The number of carbonyl (C=O) groups is 1. The van der Waals surface area contributed by atoms with Crippen LogP contribution in [0.4, 0.5) is 5.69 Å². The minimum absolute atomic E-state index is 0.618. The molecule has 0 saturated heterocycles. The standard InChI is InChI=1S/C15H14N2O2/c18-15(19)14-13-4-2-1-3-11(13)7-10-17(14)12-5-8-16-9-6-12/h1-6,8-9,14H,7,10H2,(H,18,19). The summed E-state index contributed by atoms with van der Waals surface area (Å²) in [7, 11) is 0. The Morgan fingerprint density at radius 3 is 2.68 bits per heavy atom. The van der Waals surface area contributed by atoms with Crippen LogP contribution in [0.15, 0.2) is 48.8 Å². The number of hydrogen-bond donors (Lipinski definition) is 1. The number of aliphatic carboxylic acids is 1.